The summed E-state index contributed by atoms with van der Waals surface area (Å²) in [6.45, 7) is 1.73. The van der Waals surface area contributed by atoms with Crippen LogP contribution in [0.4, 0.5) is 4.39 Å². The fourth-order valence-corrected chi connectivity index (χ4v) is 3.55. The fraction of sp³-hybridized carbons (Fsp3) is 0.391. The van der Waals surface area contributed by atoms with E-state index in [0.29, 0.717) is 45.3 Å². The van der Waals surface area contributed by atoms with Crippen LogP contribution in [0.1, 0.15) is 24.0 Å². The lowest BCUT2D eigenvalue weighted by Gasteiger charge is -2.31. The van der Waals surface area contributed by atoms with Crippen LogP contribution in [0.15, 0.2) is 48.5 Å². The number of piperidine rings is 1. The van der Waals surface area contributed by atoms with Gasteiger partial charge in [0.1, 0.15) is 11.6 Å². The largest absolute Gasteiger partial charge is 0.497 e. The van der Waals surface area contributed by atoms with Crippen molar-refractivity contribution in [1.82, 2.24) is 10.2 Å². The van der Waals surface area contributed by atoms with Gasteiger partial charge in [-0.2, -0.15) is 0 Å². The van der Waals surface area contributed by atoms with Crippen molar-refractivity contribution in [3.8, 4) is 5.75 Å². The van der Waals surface area contributed by atoms with E-state index in [9.17, 15) is 14.0 Å². The molecule has 0 atom stereocenters. The molecule has 1 saturated heterocycles. The van der Waals surface area contributed by atoms with Crippen LogP contribution < -0.4 is 10.1 Å². The summed E-state index contributed by atoms with van der Waals surface area (Å²) in [5.74, 6) is 0.575. The first-order chi connectivity index (χ1) is 14.0. The lowest BCUT2D eigenvalue weighted by molar-refractivity contribution is -0.135. The molecule has 0 bridgehead atoms. The van der Waals surface area contributed by atoms with Crippen molar-refractivity contribution in [3.05, 3.63) is 65.5 Å². The highest BCUT2D eigenvalue weighted by atomic mass is 19.1. The van der Waals surface area contributed by atoms with E-state index in [1.54, 1.807) is 19.2 Å². The van der Waals surface area contributed by atoms with E-state index in [4.69, 9.17) is 4.74 Å². The van der Waals surface area contributed by atoms with Gasteiger partial charge >= 0.3 is 0 Å². The molecule has 5 nitrogen and oxygen atoms in total. The van der Waals surface area contributed by atoms with Crippen molar-refractivity contribution in [2.45, 2.75) is 25.7 Å². The van der Waals surface area contributed by atoms with Gasteiger partial charge in [-0.1, -0.05) is 24.3 Å². The van der Waals surface area contributed by atoms with E-state index >= 15 is 0 Å². The lowest BCUT2D eigenvalue weighted by Crippen LogP contribution is -2.43. The highest BCUT2D eigenvalue weighted by molar-refractivity contribution is 5.81. The highest BCUT2D eigenvalue weighted by Gasteiger charge is 2.27. The smallest absolute Gasteiger partial charge is 0.226 e. The van der Waals surface area contributed by atoms with Crippen LogP contribution in [0.2, 0.25) is 0 Å². The molecular formula is C23H27FN2O3. The molecule has 1 aliphatic rings. The molecule has 0 radical (unpaired) electrons. The number of benzene rings is 2. The van der Waals surface area contributed by atoms with Gasteiger partial charge in [0.2, 0.25) is 11.8 Å². The maximum Gasteiger partial charge on any atom is 0.226 e. The summed E-state index contributed by atoms with van der Waals surface area (Å²) in [5, 5.41) is 2.96. The average molecular weight is 398 g/mol. The second-order valence-electron chi connectivity index (χ2n) is 7.35. The van der Waals surface area contributed by atoms with Gasteiger partial charge in [0.05, 0.1) is 13.5 Å². The minimum Gasteiger partial charge on any atom is -0.497 e. The number of amides is 2. The number of hydrogen-bond donors (Lipinski definition) is 1. The first kappa shape index (κ1) is 20.8. The number of nitrogens with one attached hydrogen (secondary N) is 1. The molecule has 2 aromatic carbocycles. The van der Waals surface area contributed by atoms with E-state index in [0.717, 1.165) is 16.9 Å². The number of nitrogens with zero attached hydrogens (tertiary/aromatic N) is 1. The van der Waals surface area contributed by atoms with Crippen LogP contribution in [0.25, 0.3) is 0 Å². The number of carbonyl (C=O) groups is 2. The van der Waals surface area contributed by atoms with Crippen LogP contribution in [0.3, 0.4) is 0 Å². The molecule has 2 amide bonds. The minimum absolute atomic E-state index is 0.0364. The maximum atomic E-state index is 12.9. The molecule has 1 heterocycles. The molecule has 0 aromatic heterocycles. The van der Waals surface area contributed by atoms with Crippen molar-refractivity contribution in [1.29, 1.82) is 0 Å². The Bertz CT molecular complexity index is 813. The zero-order chi connectivity index (χ0) is 20.6. The molecule has 29 heavy (non-hydrogen) atoms. The van der Waals surface area contributed by atoms with Crippen LogP contribution in [0.5, 0.6) is 5.75 Å². The Morgan fingerprint density at radius 3 is 2.28 bits per heavy atom. The maximum absolute atomic E-state index is 12.9. The van der Waals surface area contributed by atoms with Crippen molar-refractivity contribution >= 4 is 11.8 Å². The minimum atomic E-state index is -0.258. The molecule has 0 spiro atoms. The van der Waals surface area contributed by atoms with Crippen molar-refractivity contribution in [2.75, 3.05) is 26.7 Å². The van der Waals surface area contributed by atoms with Gasteiger partial charge in [-0.15, -0.1) is 0 Å². The SMILES string of the molecule is COc1ccc(CC(=O)N2CCC(C(=O)NCCc3ccc(F)cc3)CC2)cc1. The van der Waals surface area contributed by atoms with E-state index in [1.807, 2.05) is 29.2 Å². The predicted molar refractivity (Wildman–Crippen MR) is 109 cm³/mol. The van der Waals surface area contributed by atoms with Gasteiger partial charge in [0.25, 0.3) is 0 Å². The van der Waals surface area contributed by atoms with Gasteiger partial charge in [-0.3, -0.25) is 9.59 Å². The van der Waals surface area contributed by atoms with Gasteiger partial charge in [-0.25, -0.2) is 4.39 Å². The number of carbonyl (C=O) groups excluding carboxylic acids is 2. The molecule has 1 aliphatic heterocycles. The molecular weight excluding hydrogens is 371 g/mol. The van der Waals surface area contributed by atoms with Crippen molar-refractivity contribution in [3.63, 3.8) is 0 Å². The predicted octanol–water partition coefficient (Wildman–Crippen LogP) is 2.97. The molecule has 6 heteroatoms. The molecule has 0 aliphatic carbocycles. The van der Waals surface area contributed by atoms with Crippen LogP contribution >= 0.6 is 0 Å². The zero-order valence-electron chi connectivity index (χ0n) is 16.7. The van der Waals surface area contributed by atoms with Gasteiger partial charge < -0.3 is 15.0 Å². The molecule has 0 unspecified atom stereocenters. The summed E-state index contributed by atoms with van der Waals surface area (Å²) in [7, 11) is 1.61. The standard InChI is InChI=1S/C23H27FN2O3/c1-29-21-8-4-18(5-9-21)16-22(27)26-14-11-19(12-15-26)23(28)25-13-10-17-2-6-20(24)7-3-17/h2-9,19H,10-16H2,1H3,(H,25,28). The second kappa shape index (κ2) is 10.0. The Kier molecular flexibility index (Phi) is 7.22. The lowest BCUT2D eigenvalue weighted by atomic mass is 9.95. The number of halogens is 1. The molecule has 1 N–H and O–H groups in total. The monoisotopic (exact) mass is 398 g/mol. The quantitative estimate of drug-likeness (QED) is 0.780. The zero-order valence-corrected chi connectivity index (χ0v) is 16.7. The average Bonchev–Trinajstić information content (AvgIpc) is 2.75. The summed E-state index contributed by atoms with van der Waals surface area (Å²) >= 11 is 0. The van der Waals surface area contributed by atoms with Gasteiger partial charge in [0, 0.05) is 25.6 Å². The molecule has 154 valence electrons. The molecule has 3 rings (SSSR count). The van der Waals surface area contributed by atoms with Crippen molar-refractivity contribution < 1.29 is 18.7 Å². The third-order valence-electron chi connectivity index (χ3n) is 5.36. The Labute approximate surface area is 170 Å². The number of likely N-dealkylation sites (tertiary alicyclic amines) is 1. The van der Waals surface area contributed by atoms with E-state index in [1.165, 1.54) is 12.1 Å². The van der Waals surface area contributed by atoms with E-state index in [2.05, 4.69) is 5.32 Å². The summed E-state index contributed by atoms with van der Waals surface area (Å²) < 4.78 is 18.1. The number of ether oxygens (including phenoxy) is 1. The Balaban J connectivity index is 1.39. The van der Waals surface area contributed by atoms with Crippen LogP contribution in [0, 0.1) is 11.7 Å². The summed E-state index contributed by atoms with van der Waals surface area (Å²) in [6, 6.07) is 13.8. The van der Waals surface area contributed by atoms with Gasteiger partial charge in [0.15, 0.2) is 0 Å². The molecule has 0 saturated carbocycles. The fourth-order valence-electron chi connectivity index (χ4n) is 3.55. The topological polar surface area (TPSA) is 58.6 Å². The third kappa shape index (κ3) is 6.04. The van der Waals surface area contributed by atoms with E-state index in [-0.39, 0.29) is 23.5 Å². The molecule has 1 fully saturated rings. The first-order valence-electron chi connectivity index (χ1n) is 9.98. The Morgan fingerprint density at radius 2 is 1.66 bits per heavy atom. The number of rotatable bonds is 7. The summed E-state index contributed by atoms with van der Waals surface area (Å²) in [5.41, 5.74) is 1.95. The van der Waals surface area contributed by atoms with Crippen LogP contribution in [-0.2, 0) is 22.4 Å². The normalized spacial score (nSPS) is 14.5. The van der Waals surface area contributed by atoms with E-state index < -0.39 is 0 Å². The Morgan fingerprint density at radius 1 is 1.03 bits per heavy atom. The third-order valence-corrected chi connectivity index (χ3v) is 5.36. The first-order valence-corrected chi connectivity index (χ1v) is 9.98. The molecule has 2 aromatic rings. The highest BCUT2D eigenvalue weighted by Crippen LogP contribution is 2.19. The number of hydrogen-bond acceptors (Lipinski definition) is 3. The number of methoxy groups -OCH3 is 1. The van der Waals surface area contributed by atoms with Crippen molar-refractivity contribution in [2.24, 2.45) is 5.92 Å². The summed E-state index contributed by atoms with van der Waals surface area (Å²) in [4.78, 5) is 26.7. The van der Waals surface area contributed by atoms with Gasteiger partial charge in [-0.05, 0) is 54.7 Å². The summed E-state index contributed by atoms with van der Waals surface area (Å²) in [6.07, 6.45) is 2.39. The Hall–Kier alpha value is -2.89. The second-order valence-corrected chi connectivity index (χ2v) is 7.35. The van der Waals surface area contributed by atoms with Crippen LogP contribution in [-0.4, -0.2) is 43.5 Å².